The Morgan fingerprint density at radius 1 is 1.19 bits per heavy atom. The second-order valence-corrected chi connectivity index (χ2v) is 7.19. The monoisotopic (exact) mass is 246 g/mol. The normalized spacial score (nSPS) is 23.9. The van der Waals surface area contributed by atoms with Gasteiger partial charge >= 0.3 is 0 Å². The van der Waals surface area contributed by atoms with E-state index < -0.39 is 10.0 Å². The van der Waals surface area contributed by atoms with Gasteiger partial charge < -0.3 is 5.32 Å². The molecule has 1 saturated carbocycles. The Kier molecular flexibility index (Phi) is 3.87. The van der Waals surface area contributed by atoms with Gasteiger partial charge in [0.05, 0.1) is 5.75 Å². The van der Waals surface area contributed by atoms with Crippen molar-refractivity contribution in [1.82, 2.24) is 9.62 Å². The van der Waals surface area contributed by atoms with E-state index in [2.05, 4.69) is 5.32 Å². The molecule has 5 heteroatoms. The molecule has 2 fully saturated rings. The number of piperidine rings is 1. The quantitative estimate of drug-likeness (QED) is 0.780. The minimum absolute atomic E-state index is 0.213. The van der Waals surface area contributed by atoms with Crippen LogP contribution < -0.4 is 5.32 Å². The smallest absolute Gasteiger partial charge is 0.214 e. The molecule has 0 atom stereocenters. The highest BCUT2D eigenvalue weighted by molar-refractivity contribution is 7.89. The summed E-state index contributed by atoms with van der Waals surface area (Å²) in [5, 5.41) is 3.26. The predicted octanol–water partition coefficient (Wildman–Crippen LogP) is 0.800. The highest BCUT2D eigenvalue weighted by Crippen LogP contribution is 2.33. The molecule has 0 spiro atoms. The van der Waals surface area contributed by atoms with Crippen LogP contribution in [0.4, 0.5) is 0 Å². The summed E-state index contributed by atoms with van der Waals surface area (Å²) in [6, 6.07) is 0.213. The van der Waals surface area contributed by atoms with Gasteiger partial charge in [0.1, 0.15) is 0 Å². The summed E-state index contributed by atoms with van der Waals surface area (Å²) in [7, 11) is -1.26. The minimum atomic E-state index is -3.01. The van der Waals surface area contributed by atoms with Gasteiger partial charge in [-0.15, -0.1) is 0 Å². The highest BCUT2D eigenvalue weighted by Gasteiger charge is 2.30. The van der Waals surface area contributed by atoms with Crippen molar-refractivity contribution in [2.24, 2.45) is 5.92 Å². The van der Waals surface area contributed by atoms with E-state index in [1.165, 1.54) is 12.8 Å². The molecule has 1 aliphatic carbocycles. The van der Waals surface area contributed by atoms with Crippen molar-refractivity contribution in [1.29, 1.82) is 0 Å². The summed E-state index contributed by atoms with van der Waals surface area (Å²) in [5.74, 6) is 1.04. The molecule has 4 nitrogen and oxygen atoms in total. The van der Waals surface area contributed by atoms with E-state index in [4.69, 9.17) is 0 Å². The van der Waals surface area contributed by atoms with Gasteiger partial charge in [-0.25, -0.2) is 12.7 Å². The number of rotatable bonds is 5. The molecule has 0 radical (unpaired) electrons. The molecule has 0 aromatic heterocycles. The first kappa shape index (κ1) is 12.3. The Labute approximate surface area is 98.4 Å². The Hall–Kier alpha value is -0.130. The van der Waals surface area contributed by atoms with Crippen molar-refractivity contribution in [3.05, 3.63) is 0 Å². The van der Waals surface area contributed by atoms with Gasteiger partial charge in [0, 0.05) is 13.1 Å². The van der Waals surface area contributed by atoms with Gasteiger partial charge in [-0.1, -0.05) is 12.8 Å². The van der Waals surface area contributed by atoms with Crippen LogP contribution in [0, 0.1) is 5.92 Å². The molecule has 94 valence electrons. The van der Waals surface area contributed by atoms with Crippen LogP contribution in [-0.4, -0.2) is 44.7 Å². The fourth-order valence-electron chi connectivity index (χ4n) is 2.26. The average Bonchev–Trinajstić information content (AvgIpc) is 3.10. The van der Waals surface area contributed by atoms with Crippen LogP contribution in [-0.2, 0) is 10.0 Å². The van der Waals surface area contributed by atoms with Gasteiger partial charge in [0.2, 0.25) is 10.0 Å². The molecular formula is C11H22N2O2S. The molecule has 2 rings (SSSR count). The second-order valence-electron chi connectivity index (χ2n) is 5.05. The third-order valence-electron chi connectivity index (χ3n) is 3.74. The summed E-state index contributed by atoms with van der Waals surface area (Å²) in [4.78, 5) is 0. The standard InChI is InChI=1S/C11H22N2O2S/c1-13(11-4-7-12-8-5-11)16(14,15)9-6-10-2-3-10/h10-12H,2-9H2,1H3. The number of nitrogens with zero attached hydrogens (tertiary/aromatic N) is 1. The molecule has 0 amide bonds. The van der Waals surface area contributed by atoms with Crippen molar-refractivity contribution >= 4 is 10.0 Å². The Balaban J connectivity index is 1.86. The first-order chi connectivity index (χ1) is 7.59. The van der Waals surface area contributed by atoms with Gasteiger partial charge in [-0.05, 0) is 38.3 Å². The predicted molar refractivity (Wildman–Crippen MR) is 64.8 cm³/mol. The largest absolute Gasteiger partial charge is 0.317 e. The number of sulfonamides is 1. The Morgan fingerprint density at radius 3 is 2.38 bits per heavy atom. The topological polar surface area (TPSA) is 49.4 Å². The lowest BCUT2D eigenvalue weighted by Crippen LogP contribution is -2.44. The summed E-state index contributed by atoms with van der Waals surface area (Å²) in [6.45, 7) is 1.88. The lowest BCUT2D eigenvalue weighted by molar-refractivity contribution is 0.296. The number of nitrogens with one attached hydrogen (secondary N) is 1. The van der Waals surface area contributed by atoms with E-state index in [0.29, 0.717) is 11.7 Å². The van der Waals surface area contributed by atoms with Crippen LogP contribution in [0.5, 0.6) is 0 Å². The van der Waals surface area contributed by atoms with Crippen molar-refractivity contribution in [2.45, 2.75) is 38.1 Å². The van der Waals surface area contributed by atoms with Crippen LogP contribution in [0.15, 0.2) is 0 Å². The zero-order valence-electron chi connectivity index (χ0n) is 9.98. The van der Waals surface area contributed by atoms with Crippen LogP contribution in [0.1, 0.15) is 32.1 Å². The fourth-order valence-corrected chi connectivity index (χ4v) is 3.85. The maximum atomic E-state index is 12.1. The molecule has 2 aliphatic rings. The SMILES string of the molecule is CN(C1CCNCC1)S(=O)(=O)CCC1CC1. The zero-order valence-corrected chi connectivity index (χ0v) is 10.8. The Bertz CT molecular complexity index is 319. The molecule has 1 aliphatic heterocycles. The maximum Gasteiger partial charge on any atom is 0.214 e. The third kappa shape index (κ3) is 3.18. The van der Waals surface area contributed by atoms with Gasteiger partial charge in [0.25, 0.3) is 0 Å². The molecule has 0 aromatic carbocycles. The van der Waals surface area contributed by atoms with E-state index in [-0.39, 0.29) is 6.04 Å². The van der Waals surface area contributed by atoms with Gasteiger partial charge in [0.15, 0.2) is 0 Å². The average molecular weight is 246 g/mol. The van der Waals surface area contributed by atoms with Crippen molar-refractivity contribution in [2.75, 3.05) is 25.9 Å². The van der Waals surface area contributed by atoms with E-state index >= 15 is 0 Å². The number of hydrogen-bond acceptors (Lipinski definition) is 3. The van der Waals surface area contributed by atoms with E-state index in [1.807, 2.05) is 0 Å². The first-order valence-electron chi connectivity index (χ1n) is 6.26. The fraction of sp³-hybridized carbons (Fsp3) is 1.00. The number of hydrogen-bond donors (Lipinski definition) is 1. The molecule has 0 aromatic rings. The summed E-state index contributed by atoms with van der Waals surface area (Å²) in [6.07, 6.45) is 5.20. The van der Waals surface area contributed by atoms with E-state index in [0.717, 1.165) is 32.4 Å². The van der Waals surface area contributed by atoms with Crippen molar-refractivity contribution in [3.8, 4) is 0 Å². The van der Waals surface area contributed by atoms with Crippen LogP contribution >= 0.6 is 0 Å². The van der Waals surface area contributed by atoms with E-state index in [1.54, 1.807) is 11.4 Å². The summed E-state index contributed by atoms with van der Waals surface area (Å²) >= 11 is 0. The Morgan fingerprint density at radius 2 is 1.81 bits per heavy atom. The minimum Gasteiger partial charge on any atom is -0.317 e. The molecule has 16 heavy (non-hydrogen) atoms. The highest BCUT2D eigenvalue weighted by atomic mass is 32.2. The van der Waals surface area contributed by atoms with Gasteiger partial charge in [-0.3, -0.25) is 0 Å². The summed E-state index contributed by atoms with van der Waals surface area (Å²) < 4.78 is 25.8. The van der Waals surface area contributed by atoms with Crippen LogP contribution in [0.3, 0.4) is 0 Å². The molecule has 1 N–H and O–H groups in total. The van der Waals surface area contributed by atoms with Crippen molar-refractivity contribution in [3.63, 3.8) is 0 Å². The zero-order chi connectivity index (χ0) is 11.6. The first-order valence-corrected chi connectivity index (χ1v) is 7.87. The molecule has 0 bridgehead atoms. The maximum absolute atomic E-state index is 12.1. The van der Waals surface area contributed by atoms with Crippen LogP contribution in [0.25, 0.3) is 0 Å². The lowest BCUT2D eigenvalue weighted by Gasteiger charge is -2.30. The summed E-state index contributed by atoms with van der Waals surface area (Å²) in [5.41, 5.74) is 0. The molecule has 0 unspecified atom stereocenters. The second kappa shape index (κ2) is 5.02. The van der Waals surface area contributed by atoms with Crippen molar-refractivity contribution < 1.29 is 8.42 Å². The molecule has 1 heterocycles. The lowest BCUT2D eigenvalue weighted by atomic mass is 10.1. The molecular weight excluding hydrogens is 224 g/mol. The van der Waals surface area contributed by atoms with E-state index in [9.17, 15) is 8.42 Å². The molecule has 1 saturated heterocycles. The van der Waals surface area contributed by atoms with Crippen LogP contribution in [0.2, 0.25) is 0 Å². The van der Waals surface area contributed by atoms with Gasteiger partial charge in [-0.2, -0.15) is 0 Å². The third-order valence-corrected chi connectivity index (χ3v) is 5.67.